The Hall–Kier alpha value is -2.10. The van der Waals surface area contributed by atoms with E-state index in [0.717, 1.165) is 5.56 Å². The number of imide groups is 1. The zero-order valence-corrected chi connectivity index (χ0v) is 9.55. The number of benzene rings is 1. The number of amides is 2. The Balaban J connectivity index is 2.10. The van der Waals surface area contributed by atoms with Crippen molar-refractivity contribution >= 4 is 11.8 Å². The largest absolute Gasteiger partial charge is 0.488 e. The van der Waals surface area contributed by atoms with Gasteiger partial charge in [0.25, 0.3) is 11.8 Å². The first-order chi connectivity index (χ1) is 8.22. The molecule has 1 aliphatic rings. The first-order valence-corrected chi connectivity index (χ1v) is 5.46. The van der Waals surface area contributed by atoms with Crippen LogP contribution in [0.5, 0.6) is 0 Å². The molecular formula is C13H13NO3. The molecule has 0 aromatic heterocycles. The molecule has 88 valence electrons. The highest BCUT2D eigenvalue weighted by atomic mass is 16.5. The summed E-state index contributed by atoms with van der Waals surface area (Å²) >= 11 is 0. The van der Waals surface area contributed by atoms with Gasteiger partial charge in [-0.2, -0.15) is 0 Å². The van der Waals surface area contributed by atoms with E-state index in [9.17, 15) is 9.59 Å². The van der Waals surface area contributed by atoms with Crippen LogP contribution in [-0.2, 0) is 20.9 Å². The number of ether oxygens (including phenoxy) is 1. The fourth-order valence-corrected chi connectivity index (χ4v) is 1.66. The van der Waals surface area contributed by atoms with E-state index in [0.29, 0.717) is 6.61 Å². The van der Waals surface area contributed by atoms with Gasteiger partial charge in [-0.3, -0.25) is 14.5 Å². The maximum atomic E-state index is 11.8. The van der Waals surface area contributed by atoms with Gasteiger partial charge in [0.05, 0.1) is 19.2 Å². The van der Waals surface area contributed by atoms with Crippen molar-refractivity contribution in [3.05, 3.63) is 47.7 Å². The molecule has 1 aliphatic heterocycles. The summed E-state index contributed by atoms with van der Waals surface area (Å²) < 4.78 is 5.10. The molecule has 4 heteroatoms. The van der Waals surface area contributed by atoms with Crippen molar-refractivity contribution in [2.75, 3.05) is 6.61 Å². The van der Waals surface area contributed by atoms with E-state index in [1.165, 1.54) is 11.0 Å². The highest BCUT2D eigenvalue weighted by Gasteiger charge is 2.32. The van der Waals surface area contributed by atoms with Crippen LogP contribution in [0.1, 0.15) is 12.5 Å². The van der Waals surface area contributed by atoms with Crippen molar-refractivity contribution in [2.24, 2.45) is 0 Å². The van der Waals surface area contributed by atoms with Crippen molar-refractivity contribution in [1.82, 2.24) is 4.90 Å². The van der Waals surface area contributed by atoms with E-state index in [4.69, 9.17) is 4.74 Å². The van der Waals surface area contributed by atoms with Gasteiger partial charge in [0.15, 0.2) is 5.76 Å². The van der Waals surface area contributed by atoms with Crippen LogP contribution < -0.4 is 0 Å². The lowest BCUT2D eigenvalue weighted by atomic mass is 10.2. The molecule has 1 aromatic rings. The molecule has 17 heavy (non-hydrogen) atoms. The number of hydrogen-bond donors (Lipinski definition) is 0. The SMILES string of the molecule is CCOC1=CC(=O)N(Cc2ccccc2)C1=O. The van der Waals surface area contributed by atoms with E-state index < -0.39 is 0 Å². The molecule has 0 radical (unpaired) electrons. The van der Waals surface area contributed by atoms with E-state index in [1.54, 1.807) is 6.92 Å². The van der Waals surface area contributed by atoms with E-state index in [1.807, 2.05) is 30.3 Å². The summed E-state index contributed by atoms with van der Waals surface area (Å²) in [6.45, 7) is 2.44. The molecular weight excluding hydrogens is 218 g/mol. The molecule has 0 bridgehead atoms. The summed E-state index contributed by atoms with van der Waals surface area (Å²) in [7, 11) is 0. The number of hydrogen-bond acceptors (Lipinski definition) is 3. The second-order valence-corrected chi connectivity index (χ2v) is 3.66. The Morgan fingerprint density at radius 1 is 1.18 bits per heavy atom. The van der Waals surface area contributed by atoms with Crippen molar-refractivity contribution < 1.29 is 14.3 Å². The van der Waals surface area contributed by atoms with Gasteiger partial charge >= 0.3 is 0 Å². The maximum absolute atomic E-state index is 11.8. The van der Waals surface area contributed by atoms with Crippen LogP contribution in [0, 0.1) is 0 Å². The maximum Gasteiger partial charge on any atom is 0.296 e. The minimum absolute atomic E-state index is 0.133. The summed E-state index contributed by atoms with van der Waals surface area (Å²) in [5.74, 6) is -0.545. The predicted molar refractivity (Wildman–Crippen MR) is 61.7 cm³/mol. The van der Waals surface area contributed by atoms with Gasteiger partial charge in [-0.25, -0.2) is 0 Å². The molecule has 2 amide bonds. The topological polar surface area (TPSA) is 46.6 Å². The van der Waals surface area contributed by atoms with Crippen LogP contribution in [0.4, 0.5) is 0 Å². The Kier molecular flexibility index (Phi) is 3.23. The Morgan fingerprint density at radius 3 is 2.53 bits per heavy atom. The quantitative estimate of drug-likeness (QED) is 0.737. The fraction of sp³-hybridized carbons (Fsp3) is 0.231. The summed E-state index contributed by atoms with van der Waals surface area (Å²) in [6, 6.07) is 9.38. The zero-order chi connectivity index (χ0) is 12.3. The number of rotatable bonds is 4. The number of carbonyl (C=O) groups is 2. The molecule has 1 heterocycles. The highest BCUT2D eigenvalue weighted by molar-refractivity contribution is 6.15. The van der Waals surface area contributed by atoms with Gasteiger partial charge in [-0.15, -0.1) is 0 Å². The fourth-order valence-electron chi connectivity index (χ4n) is 1.66. The third kappa shape index (κ3) is 2.36. The molecule has 4 nitrogen and oxygen atoms in total. The minimum Gasteiger partial charge on any atom is -0.488 e. The highest BCUT2D eigenvalue weighted by Crippen LogP contribution is 2.16. The molecule has 0 aliphatic carbocycles. The summed E-state index contributed by atoms with van der Waals surface area (Å²) in [4.78, 5) is 24.6. The van der Waals surface area contributed by atoms with Crippen molar-refractivity contribution in [3.63, 3.8) is 0 Å². The normalized spacial score (nSPS) is 15.1. The van der Waals surface area contributed by atoms with Crippen LogP contribution in [0.25, 0.3) is 0 Å². The van der Waals surface area contributed by atoms with E-state index >= 15 is 0 Å². The Labute approximate surface area is 99.5 Å². The Bertz CT molecular complexity index is 465. The van der Waals surface area contributed by atoms with Gasteiger partial charge in [0, 0.05) is 0 Å². The molecule has 0 unspecified atom stereocenters. The number of carbonyl (C=O) groups excluding carboxylic acids is 2. The molecule has 1 aromatic carbocycles. The summed E-state index contributed by atoms with van der Waals surface area (Å²) in [5.41, 5.74) is 0.917. The predicted octanol–water partition coefficient (Wildman–Crippen LogP) is 1.48. The van der Waals surface area contributed by atoms with Crippen molar-refractivity contribution in [2.45, 2.75) is 13.5 Å². The third-order valence-corrected chi connectivity index (χ3v) is 2.46. The average Bonchev–Trinajstić information content (AvgIpc) is 2.59. The first-order valence-electron chi connectivity index (χ1n) is 5.46. The average molecular weight is 231 g/mol. The molecule has 0 atom stereocenters. The van der Waals surface area contributed by atoms with Crippen LogP contribution in [0.3, 0.4) is 0 Å². The van der Waals surface area contributed by atoms with E-state index in [2.05, 4.69) is 0 Å². The number of nitrogens with zero attached hydrogens (tertiary/aromatic N) is 1. The van der Waals surface area contributed by atoms with Crippen LogP contribution in [0.15, 0.2) is 42.2 Å². The molecule has 0 spiro atoms. The van der Waals surface area contributed by atoms with Crippen molar-refractivity contribution in [3.8, 4) is 0 Å². The second kappa shape index (κ2) is 4.82. The monoisotopic (exact) mass is 231 g/mol. The zero-order valence-electron chi connectivity index (χ0n) is 9.55. The van der Waals surface area contributed by atoms with Crippen LogP contribution in [-0.4, -0.2) is 23.3 Å². The molecule has 0 fully saturated rings. The lowest BCUT2D eigenvalue weighted by Crippen LogP contribution is -2.30. The van der Waals surface area contributed by atoms with Crippen molar-refractivity contribution in [1.29, 1.82) is 0 Å². The van der Waals surface area contributed by atoms with E-state index in [-0.39, 0.29) is 24.1 Å². The second-order valence-electron chi connectivity index (χ2n) is 3.66. The van der Waals surface area contributed by atoms with Gasteiger partial charge in [-0.1, -0.05) is 30.3 Å². The molecule has 0 saturated heterocycles. The lowest BCUT2D eigenvalue weighted by molar-refractivity contribution is -0.139. The Morgan fingerprint density at radius 2 is 1.88 bits per heavy atom. The lowest BCUT2D eigenvalue weighted by Gasteiger charge is -2.14. The van der Waals surface area contributed by atoms with Gasteiger partial charge in [0.1, 0.15) is 0 Å². The smallest absolute Gasteiger partial charge is 0.296 e. The van der Waals surface area contributed by atoms with Gasteiger partial charge in [-0.05, 0) is 12.5 Å². The molecule has 0 saturated carbocycles. The van der Waals surface area contributed by atoms with Crippen LogP contribution in [0.2, 0.25) is 0 Å². The van der Waals surface area contributed by atoms with Gasteiger partial charge in [0.2, 0.25) is 0 Å². The van der Waals surface area contributed by atoms with Gasteiger partial charge < -0.3 is 4.74 Å². The molecule has 0 N–H and O–H groups in total. The molecule has 2 rings (SSSR count). The van der Waals surface area contributed by atoms with Crippen LogP contribution >= 0.6 is 0 Å². The summed E-state index contributed by atoms with van der Waals surface area (Å²) in [5, 5.41) is 0. The standard InChI is InChI=1S/C13H13NO3/c1-2-17-11-8-12(15)14(13(11)16)9-10-6-4-3-5-7-10/h3-8H,2,9H2,1H3. The summed E-state index contributed by atoms with van der Waals surface area (Å²) in [6.07, 6.45) is 1.24. The minimum atomic E-state index is -0.360. The first kappa shape index (κ1) is 11.4. The third-order valence-electron chi connectivity index (χ3n) is 2.46.